The summed E-state index contributed by atoms with van der Waals surface area (Å²) in [5.41, 5.74) is 2.10. The van der Waals surface area contributed by atoms with Gasteiger partial charge in [-0.05, 0) is 18.9 Å². The van der Waals surface area contributed by atoms with Crippen LogP contribution < -0.4 is 15.4 Å². The van der Waals surface area contributed by atoms with Gasteiger partial charge in [-0.3, -0.25) is 0 Å². The highest BCUT2D eigenvalue weighted by atomic mass is 16.5. The SMILES string of the molecule is COc1ccccc1CNc1cc(NC2CCCC2)nc(-c2ccccc2)n1. The number of rotatable bonds is 7. The fraction of sp³-hybridized carbons (Fsp3) is 0.304. The van der Waals surface area contributed by atoms with E-state index in [1.54, 1.807) is 7.11 Å². The first-order valence-corrected chi connectivity index (χ1v) is 9.88. The quantitative estimate of drug-likeness (QED) is 0.601. The lowest BCUT2D eigenvalue weighted by atomic mass is 10.2. The Bertz CT molecular complexity index is 907. The predicted octanol–water partition coefficient (Wildman–Crippen LogP) is 5.12. The summed E-state index contributed by atoms with van der Waals surface area (Å²) >= 11 is 0. The van der Waals surface area contributed by atoms with Crippen molar-refractivity contribution in [2.45, 2.75) is 38.3 Å². The minimum Gasteiger partial charge on any atom is -0.496 e. The molecule has 0 unspecified atom stereocenters. The maximum atomic E-state index is 5.45. The zero-order chi connectivity index (χ0) is 19.2. The Balaban J connectivity index is 1.59. The summed E-state index contributed by atoms with van der Waals surface area (Å²) in [6.45, 7) is 0.637. The molecule has 1 aromatic heterocycles. The number of benzene rings is 2. The molecule has 1 heterocycles. The van der Waals surface area contributed by atoms with Crippen molar-refractivity contribution in [3.05, 3.63) is 66.2 Å². The number of methoxy groups -OCH3 is 1. The summed E-state index contributed by atoms with van der Waals surface area (Å²) in [7, 11) is 1.70. The van der Waals surface area contributed by atoms with Crippen molar-refractivity contribution in [3.63, 3.8) is 0 Å². The standard InChI is InChI=1S/C23H26N4O/c1-28-20-14-8-5-11-18(20)16-24-21-15-22(25-19-12-6-7-13-19)27-23(26-21)17-9-3-2-4-10-17/h2-5,8-11,14-15,19H,6-7,12-13,16H2,1H3,(H2,24,25,26,27). The number of aromatic nitrogens is 2. The minimum atomic E-state index is 0.501. The monoisotopic (exact) mass is 374 g/mol. The molecule has 5 nitrogen and oxygen atoms in total. The van der Waals surface area contributed by atoms with E-state index in [9.17, 15) is 0 Å². The third-order valence-corrected chi connectivity index (χ3v) is 5.12. The minimum absolute atomic E-state index is 0.501. The Labute approximate surface area is 166 Å². The molecule has 3 aromatic rings. The van der Waals surface area contributed by atoms with Crippen molar-refractivity contribution in [3.8, 4) is 17.1 Å². The lowest BCUT2D eigenvalue weighted by Crippen LogP contribution is -2.16. The molecule has 0 aliphatic heterocycles. The summed E-state index contributed by atoms with van der Waals surface area (Å²) in [6.07, 6.45) is 4.98. The molecule has 1 aliphatic rings. The normalized spacial score (nSPS) is 14.0. The first-order chi connectivity index (χ1) is 13.8. The van der Waals surface area contributed by atoms with Gasteiger partial charge in [0.15, 0.2) is 5.82 Å². The molecule has 1 aliphatic carbocycles. The first-order valence-electron chi connectivity index (χ1n) is 9.88. The Hall–Kier alpha value is -3.08. The molecule has 0 spiro atoms. The maximum absolute atomic E-state index is 5.45. The highest BCUT2D eigenvalue weighted by molar-refractivity contribution is 5.61. The van der Waals surface area contributed by atoms with Gasteiger partial charge in [0.05, 0.1) is 7.11 Å². The molecule has 0 bridgehead atoms. The molecule has 0 amide bonds. The largest absolute Gasteiger partial charge is 0.496 e. The highest BCUT2D eigenvalue weighted by Crippen LogP contribution is 2.26. The van der Waals surface area contributed by atoms with Gasteiger partial charge in [0.1, 0.15) is 17.4 Å². The van der Waals surface area contributed by atoms with E-state index < -0.39 is 0 Å². The van der Waals surface area contributed by atoms with Crippen molar-refractivity contribution in [2.75, 3.05) is 17.7 Å². The second-order valence-electron chi connectivity index (χ2n) is 7.12. The fourth-order valence-electron chi connectivity index (χ4n) is 3.64. The summed E-state index contributed by atoms with van der Waals surface area (Å²) in [6, 6.07) is 20.6. The van der Waals surface area contributed by atoms with Crippen molar-refractivity contribution in [1.82, 2.24) is 9.97 Å². The van der Waals surface area contributed by atoms with Gasteiger partial charge >= 0.3 is 0 Å². The zero-order valence-corrected chi connectivity index (χ0v) is 16.2. The molecule has 5 heteroatoms. The van der Waals surface area contributed by atoms with Crippen LogP contribution >= 0.6 is 0 Å². The molecule has 144 valence electrons. The topological polar surface area (TPSA) is 59.1 Å². The Morgan fingerprint density at radius 2 is 1.64 bits per heavy atom. The highest BCUT2D eigenvalue weighted by Gasteiger charge is 2.16. The average molecular weight is 374 g/mol. The molecule has 4 rings (SSSR count). The number of nitrogens with zero attached hydrogens (tertiary/aromatic N) is 2. The number of hydrogen-bond donors (Lipinski definition) is 2. The molecule has 1 saturated carbocycles. The van der Waals surface area contributed by atoms with Gasteiger partial charge in [0, 0.05) is 29.8 Å². The Morgan fingerprint density at radius 3 is 2.43 bits per heavy atom. The zero-order valence-electron chi connectivity index (χ0n) is 16.2. The lowest BCUT2D eigenvalue weighted by Gasteiger charge is -2.16. The lowest BCUT2D eigenvalue weighted by molar-refractivity contribution is 0.410. The van der Waals surface area contributed by atoms with Gasteiger partial charge in [-0.25, -0.2) is 9.97 Å². The van der Waals surface area contributed by atoms with Crippen molar-refractivity contribution >= 4 is 11.6 Å². The molecule has 1 fully saturated rings. The summed E-state index contributed by atoms with van der Waals surface area (Å²) in [5, 5.41) is 7.04. The van der Waals surface area contributed by atoms with E-state index in [1.807, 2.05) is 54.6 Å². The van der Waals surface area contributed by atoms with Crippen LogP contribution in [-0.2, 0) is 6.54 Å². The number of anilines is 2. The molecule has 28 heavy (non-hydrogen) atoms. The first kappa shape index (κ1) is 18.3. The van der Waals surface area contributed by atoms with E-state index in [0.29, 0.717) is 12.6 Å². The second kappa shape index (κ2) is 8.74. The van der Waals surface area contributed by atoms with Crippen LogP contribution in [0.5, 0.6) is 5.75 Å². The third kappa shape index (κ3) is 4.42. The average Bonchev–Trinajstić information content (AvgIpc) is 3.26. The van der Waals surface area contributed by atoms with Crippen LogP contribution in [0.2, 0.25) is 0 Å². The van der Waals surface area contributed by atoms with Crippen LogP contribution in [0.15, 0.2) is 60.7 Å². The number of nitrogens with one attached hydrogen (secondary N) is 2. The smallest absolute Gasteiger partial charge is 0.163 e. The van der Waals surface area contributed by atoms with Crippen LogP contribution in [0, 0.1) is 0 Å². The Morgan fingerprint density at radius 1 is 0.929 bits per heavy atom. The second-order valence-corrected chi connectivity index (χ2v) is 7.12. The van der Waals surface area contributed by atoms with Crippen LogP contribution in [-0.4, -0.2) is 23.1 Å². The van der Waals surface area contributed by atoms with Crippen molar-refractivity contribution in [2.24, 2.45) is 0 Å². The molecule has 0 saturated heterocycles. The van der Waals surface area contributed by atoms with E-state index in [2.05, 4.69) is 16.7 Å². The molecule has 2 aromatic carbocycles. The van der Waals surface area contributed by atoms with E-state index in [1.165, 1.54) is 25.7 Å². The van der Waals surface area contributed by atoms with Gasteiger partial charge in [-0.15, -0.1) is 0 Å². The number of para-hydroxylation sites is 1. The maximum Gasteiger partial charge on any atom is 0.163 e. The Kier molecular flexibility index (Phi) is 5.71. The van der Waals surface area contributed by atoms with Gasteiger partial charge in [-0.2, -0.15) is 0 Å². The van der Waals surface area contributed by atoms with E-state index >= 15 is 0 Å². The van der Waals surface area contributed by atoms with Crippen molar-refractivity contribution < 1.29 is 4.74 Å². The van der Waals surface area contributed by atoms with E-state index in [-0.39, 0.29) is 0 Å². The molecule has 0 radical (unpaired) electrons. The van der Waals surface area contributed by atoms with Crippen LogP contribution in [0.4, 0.5) is 11.6 Å². The van der Waals surface area contributed by atoms with Crippen LogP contribution in [0.25, 0.3) is 11.4 Å². The van der Waals surface area contributed by atoms with E-state index in [0.717, 1.165) is 34.3 Å². The molecule has 2 N–H and O–H groups in total. The van der Waals surface area contributed by atoms with Gasteiger partial charge in [0.2, 0.25) is 0 Å². The molecular formula is C23H26N4O. The predicted molar refractivity (Wildman–Crippen MR) is 114 cm³/mol. The number of ether oxygens (including phenoxy) is 1. The fourth-order valence-corrected chi connectivity index (χ4v) is 3.64. The number of hydrogen-bond acceptors (Lipinski definition) is 5. The van der Waals surface area contributed by atoms with Gasteiger partial charge < -0.3 is 15.4 Å². The molecule has 0 atom stereocenters. The summed E-state index contributed by atoms with van der Waals surface area (Å²) < 4.78 is 5.45. The van der Waals surface area contributed by atoms with Crippen LogP contribution in [0.3, 0.4) is 0 Å². The third-order valence-electron chi connectivity index (χ3n) is 5.12. The summed E-state index contributed by atoms with van der Waals surface area (Å²) in [5.74, 6) is 3.28. The van der Waals surface area contributed by atoms with E-state index in [4.69, 9.17) is 14.7 Å². The van der Waals surface area contributed by atoms with Crippen LogP contribution in [0.1, 0.15) is 31.2 Å². The van der Waals surface area contributed by atoms with Crippen molar-refractivity contribution in [1.29, 1.82) is 0 Å². The van der Waals surface area contributed by atoms with Gasteiger partial charge in [-0.1, -0.05) is 61.4 Å². The molecular weight excluding hydrogens is 348 g/mol. The van der Waals surface area contributed by atoms with Gasteiger partial charge in [0.25, 0.3) is 0 Å². The summed E-state index contributed by atoms with van der Waals surface area (Å²) in [4.78, 5) is 9.51.